The van der Waals surface area contributed by atoms with E-state index in [2.05, 4.69) is 24.1 Å². The molecule has 0 radical (unpaired) electrons. The fourth-order valence-corrected chi connectivity index (χ4v) is 4.22. The van der Waals surface area contributed by atoms with E-state index in [1.54, 1.807) is 4.90 Å². The molecule has 0 spiro atoms. The highest BCUT2D eigenvalue weighted by atomic mass is 16.5. The van der Waals surface area contributed by atoms with Crippen LogP contribution in [0.25, 0.3) is 0 Å². The molecule has 1 heterocycles. The zero-order chi connectivity index (χ0) is 25.8. The van der Waals surface area contributed by atoms with Crippen LogP contribution < -0.4 is 20.1 Å². The van der Waals surface area contributed by atoms with Crippen LogP contribution in [-0.4, -0.2) is 49.1 Å². The lowest BCUT2D eigenvalue weighted by molar-refractivity contribution is -0.142. The summed E-state index contributed by atoms with van der Waals surface area (Å²) >= 11 is 0. The Morgan fingerprint density at radius 3 is 2.67 bits per heavy atom. The number of ether oxygens (including phenoxy) is 2. The summed E-state index contributed by atoms with van der Waals surface area (Å²) in [6.45, 7) is 10.8. The van der Waals surface area contributed by atoms with Gasteiger partial charge in [-0.15, -0.1) is 6.58 Å². The van der Waals surface area contributed by atoms with Crippen molar-refractivity contribution >= 4 is 11.8 Å². The van der Waals surface area contributed by atoms with Gasteiger partial charge in [0.1, 0.15) is 17.5 Å². The van der Waals surface area contributed by atoms with Crippen molar-refractivity contribution in [2.24, 2.45) is 0 Å². The summed E-state index contributed by atoms with van der Waals surface area (Å²) < 4.78 is 11.6. The number of aryl methyl sites for hydroxylation is 1. The van der Waals surface area contributed by atoms with Gasteiger partial charge in [0.25, 0.3) is 5.91 Å². The zero-order valence-electron chi connectivity index (χ0n) is 21.6. The molecule has 194 valence electrons. The first-order chi connectivity index (χ1) is 17.5. The maximum Gasteiger partial charge on any atom is 0.261 e. The molecule has 36 heavy (non-hydrogen) atoms. The number of nitrogens with zero attached hydrogens (tertiary/aromatic N) is 1. The minimum absolute atomic E-state index is 0.100. The summed E-state index contributed by atoms with van der Waals surface area (Å²) in [5.74, 6) is 1.15. The Morgan fingerprint density at radius 1 is 1.17 bits per heavy atom. The number of nitrogens with one attached hydrogen (secondary N) is 2. The van der Waals surface area contributed by atoms with Crippen molar-refractivity contribution in [1.82, 2.24) is 15.5 Å². The zero-order valence-corrected chi connectivity index (χ0v) is 21.6. The molecule has 1 saturated heterocycles. The van der Waals surface area contributed by atoms with Gasteiger partial charge in [0.2, 0.25) is 5.91 Å². The van der Waals surface area contributed by atoms with Gasteiger partial charge >= 0.3 is 0 Å². The Hall–Kier alpha value is -3.32. The summed E-state index contributed by atoms with van der Waals surface area (Å²) in [5.41, 5.74) is 3.09. The van der Waals surface area contributed by atoms with E-state index in [0.29, 0.717) is 31.9 Å². The van der Waals surface area contributed by atoms with E-state index >= 15 is 0 Å². The van der Waals surface area contributed by atoms with Crippen molar-refractivity contribution in [3.05, 3.63) is 71.8 Å². The Bertz CT molecular complexity index is 1010. The Balaban J connectivity index is 1.70. The summed E-state index contributed by atoms with van der Waals surface area (Å²) in [4.78, 5) is 27.9. The van der Waals surface area contributed by atoms with E-state index in [-0.39, 0.29) is 18.4 Å². The van der Waals surface area contributed by atoms with Crippen LogP contribution in [-0.2, 0) is 22.7 Å². The Labute approximate surface area is 214 Å². The average molecular weight is 494 g/mol. The fourth-order valence-electron chi connectivity index (χ4n) is 4.22. The topological polar surface area (TPSA) is 79.9 Å². The van der Waals surface area contributed by atoms with E-state index in [0.717, 1.165) is 54.8 Å². The third-order valence-electron chi connectivity index (χ3n) is 6.16. The minimum Gasteiger partial charge on any atom is -0.493 e. The summed E-state index contributed by atoms with van der Waals surface area (Å²) in [7, 11) is 0. The summed E-state index contributed by atoms with van der Waals surface area (Å²) in [6.07, 6.45) is 5.20. The smallest absolute Gasteiger partial charge is 0.261 e. The fraction of sp³-hybridized carbons (Fsp3) is 0.448. The number of hydrogen-bond donors (Lipinski definition) is 2. The van der Waals surface area contributed by atoms with Crippen LogP contribution in [0.3, 0.4) is 0 Å². The summed E-state index contributed by atoms with van der Waals surface area (Å²) in [6, 6.07) is 13.1. The minimum atomic E-state index is -0.516. The van der Waals surface area contributed by atoms with Crippen molar-refractivity contribution in [2.45, 2.75) is 58.7 Å². The highest BCUT2D eigenvalue weighted by Crippen LogP contribution is 2.23. The number of amides is 2. The van der Waals surface area contributed by atoms with Crippen LogP contribution in [0, 0.1) is 6.92 Å². The molecule has 3 rings (SSSR count). The van der Waals surface area contributed by atoms with Gasteiger partial charge in [0.15, 0.2) is 6.61 Å². The standard InChI is InChI=1S/C29H39N3O4/c1-4-15-30-19-23-9-12-25(13-10-23)36-21-28(33)32(26-8-6-7-16-31-29(26)34)20-24-11-14-27(22(3)18-24)35-17-5-2/h4,9-14,18,26,30H,1,5-8,15-17,19-21H2,2-3H3,(H,31,34). The number of carbonyl (C=O) groups excluding carboxylic acids is 2. The number of benzene rings is 2. The van der Waals surface area contributed by atoms with Gasteiger partial charge in [-0.25, -0.2) is 0 Å². The monoisotopic (exact) mass is 493 g/mol. The van der Waals surface area contributed by atoms with Crippen molar-refractivity contribution < 1.29 is 19.1 Å². The highest BCUT2D eigenvalue weighted by Gasteiger charge is 2.31. The van der Waals surface area contributed by atoms with Crippen LogP contribution in [0.4, 0.5) is 0 Å². The van der Waals surface area contributed by atoms with E-state index in [1.807, 2.05) is 55.5 Å². The lowest BCUT2D eigenvalue weighted by Gasteiger charge is -2.30. The second-order valence-electron chi connectivity index (χ2n) is 9.12. The first-order valence-corrected chi connectivity index (χ1v) is 12.8. The first kappa shape index (κ1) is 27.3. The van der Waals surface area contributed by atoms with E-state index in [9.17, 15) is 9.59 Å². The molecular formula is C29H39N3O4. The van der Waals surface area contributed by atoms with Crippen molar-refractivity contribution in [2.75, 3.05) is 26.3 Å². The molecule has 2 aromatic carbocycles. The van der Waals surface area contributed by atoms with Crippen molar-refractivity contribution in [1.29, 1.82) is 0 Å². The van der Waals surface area contributed by atoms with Gasteiger partial charge in [-0.2, -0.15) is 0 Å². The maximum absolute atomic E-state index is 13.4. The molecule has 0 aromatic heterocycles. The van der Waals surface area contributed by atoms with Gasteiger partial charge in [-0.1, -0.05) is 37.3 Å². The lowest BCUT2D eigenvalue weighted by Crippen LogP contribution is -2.49. The quantitative estimate of drug-likeness (QED) is 0.324. The molecule has 1 unspecified atom stereocenters. The molecule has 2 N–H and O–H groups in total. The molecule has 0 saturated carbocycles. The molecule has 7 heteroatoms. The van der Waals surface area contributed by atoms with E-state index in [1.165, 1.54) is 0 Å². The van der Waals surface area contributed by atoms with Crippen molar-refractivity contribution in [3.63, 3.8) is 0 Å². The predicted octanol–water partition coefficient (Wildman–Crippen LogP) is 4.14. The lowest BCUT2D eigenvalue weighted by atomic mass is 10.1. The van der Waals surface area contributed by atoms with E-state index in [4.69, 9.17) is 9.47 Å². The number of rotatable bonds is 13. The number of carbonyl (C=O) groups is 2. The van der Waals surface area contributed by atoms with Gasteiger partial charge in [0, 0.05) is 26.2 Å². The largest absolute Gasteiger partial charge is 0.493 e. The molecule has 1 fully saturated rings. The normalized spacial score (nSPS) is 15.5. The van der Waals surface area contributed by atoms with Crippen LogP contribution in [0.15, 0.2) is 55.1 Å². The molecule has 1 aliphatic rings. The summed E-state index contributed by atoms with van der Waals surface area (Å²) in [5, 5.41) is 6.21. The third kappa shape index (κ3) is 8.12. The molecular weight excluding hydrogens is 454 g/mol. The van der Waals surface area contributed by atoms with Crippen molar-refractivity contribution in [3.8, 4) is 11.5 Å². The van der Waals surface area contributed by atoms with Crippen LogP contribution in [0.5, 0.6) is 11.5 Å². The molecule has 1 aliphatic heterocycles. The second kappa shape index (κ2) is 14.3. The van der Waals surface area contributed by atoms with Gasteiger partial charge in [0.05, 0.1) is 6.61 Å². The van der Waals surface area contributed by atoms with Gasteiger partial charge in [-0.05, 0) is 67.5 Å². The van der Waals surface area contributed by atoms with Gasteiger partial charge < -0.3 is 25.0 Å². The first-order valence-electron chi connectivity index (χ1n) is 12.8. The second-order valence-corrected chi connectivity index (χ2v) is 9.12. The average Bonchev–Trinajstić information content (AvgIpc) is 3.10. The predicted molar refractivity (Wildman–Crippen MR) is 142 cm³/mol. The molecule has 7 nitrogen and oxygen atoms in total. The third-order valence-corrected chi connectivity index (χ3v) is 6.16. The van der Waals surface area contributed by atoms with Crippen LogP contribution in [0.2, 0.25) is 0 Å². The maximum atomic E-state index is 13.4. The molecule has 1 atom stereocenters. The molecule has 0 aliphatic carbocycles. The molecule has 2 amide bonds. The number of hydrogen-bond acceptors (Lipinski definition) is 5. The molecule has 2 aromatic rings. The Kier molecular flexibility index (Phi) is 10.8. The SMILES string of the molecule is C=CCNCc1ccc(OCC(=O)N(Cc2ccc(OCCC)c(C)c2)C2CCCCNC2=O)cc1. The van der Waals surface area contributed by atoms with Crippen LogP contribution >= 0.6 is 0 Å². The van der Waals surface area contributed by atoms with Crippen LogP contribution in [0.1, 0.15) is 49.3 Å². The highest BCUT2D eigenvalue weighted by molar-refractivity contribution is 5.88. The molecule has 0 bridgehead atoms. The Morgan fingerprint density at radius 2 is 1.94 bits per heavy atom. The van der Waals surface area contributed by atoms with E-state index < -0.39 is 6.04 Å². The van der Waals surface area contributed by atoms with Gasteiger partial charge in [-0.3, -0.25) is 9.59 Å².